The van der Waals surface area contributed by atoms with Crippen molar-refractivity contribution in [1.82, 2.24) is 9.62 Å². The van der Waals surface area contributed by atoms with Crippen LogP contribution in [0.3, 0.4) is 0 Å². The maximum atomic E-state index is 13.2. The molecule has 1 fully saturated rings. The van der Waals surface area contributed by atoms with Crippen LogP contribution in [0.25, 0.3) is 0 Å². The molecule has 10 heteroatoms. The minimum absolute atomic E-state index is 0.0746. The van der Waals surface area contributed by atoms with E-state index in [1.165, 1.54) is 37.4 Å². The van der Waals surface area contributed by atoms with E-state index >= 15 is 0 Å². The number of sulfone groups is 1. The van der Waals surface area contributed by atoms with Crippen molar-refractivity contribution in [3.05, 3.63) is 83.9 Å². The van der Waals surface area contributed by atoms with Crippen LogP contribution < -0.4 is 9.46 Å². The van der Waals surface area contributed by atoms with Crippen LogP contribution in [-0.2, 0) is 19.9 Å². The van der Waals surface area contributed by atoms with Crippen molar-refractivity contribution in [3.63, 3.8) is 0 Å². The number of nitrogens with one attached hydrogen (secondary N) is 1. The molecule has 1 saturated heterocycles. The van der Waals surface area contributed by atoms with Crippen LogP contribution in [0.2, 0.25) is 0 Å². The molecule has 3 aromatic carbocycles. The number of carbonyl (C=O) groups excluding carboxylic acids is 1. The summed E-state index contributed by atoms with van der Waals surface area (Å²) in [4.78, 5) is 14.5. The van der Waals surface area contributed by atoms with Gasteiger partial charge in [-0.2, -0.15) is 0 Å². The van der Waals surface area contributed by atoms with Crippen LogP contribution in [-0.4, -0.2) is 53.9 Å². The number of aryl methyl sites for hydroxylation is 1. The van der Waals surface area contributed by atoms with Crippen LogP contribution in [0, 0.1) is 6.92 Å². The summed E-state index contributed by atoms with van der Waals surface area (Å²) in [6, 6.07) is 18.6. The molecule has 36 heavy (non-hydrogen) atoms. The molecule has 4 rings (SSSR count). The second-order valence-electron chi connectivity index (χ2n) is 8.66. The number of piperidine rings is 1. The van der Waals surface area contributed by atoms with Gasteiger partial charge in [0.1, 0.15) is 5.75 Å². The summed E-state index contributed by atoms with van der Waals surface area (Å²) >= 11 is 0. The Morgan fingerprint density at radius 3 is 2.25 bits per heavy atom. The van der Waals surface area contributed by atoms with Gasteiger partial charge in [-0.05, 0) is 67.8 Å². The molecule has 1 aliphatic heterocycles. The third kappa shape index (κ3) is 5.45. The lowest BCUT2D eigenvalue weighted by atomic mass is 10.0. The fourth-order valence-corrected chi connectivity index (χ4v) is 7.15. The quantitative estimate of drug-likeness (QED) is 0.503. The summed E-state index contributed by atoms with van der Waals surface area (Å²) in [7, 11) is -6.32. The van der Waals surface area contributed by atoms with Gasteiger partial charge in [-0.15, -0.1) is 0 Å². The SMILES string of the molecule is COc1cccc(C(=O)N2CCC(NS(=O)(=O)c3cc(S(=O)(=O)c4ccccc4)ccc3C)CC2)c1. The summed E-state index contributed by atoms with van der Waals surface area (Å²) in [5.41, 5.74) is 0.959. The monoisotopic (exact) mass is 528 g/mol. The molecule has 1 aliphatic rings. The first-order valence-corrected chi connectivity index (χ1v) is 14.4. The Morgan fingerprint density at radius 1 is 0.889 bits per heavy atom. The number of benzene rings is 3. The van der Waals surface area contributed by atoms with Gasteiger partial charge in [0.15, 0.2) is 0 Å². The number of methoxy groups -OCH3 is 1. The number of amides is 1. The van der Waals surface area contributed by atoms with Crippen molar-refractivity contribution in [2.75, 3.05) is 20.2 Å². The minimum Gasteiger partial charge on any atom is -0.497 e. The van der Waals surface area contributed by atoms with Crippen molar-refractivity contribution in [2.45, 2.75) is 40.5 Å². The zero-order valence-electron chi connectivity index (χ0n) is 20.0. The van der Waals surface area contributed by atoms with Crippen molar-refractivity contribution in [2.24, 2.45) is 0 Å². The summed E-state index contributed by atoms with van der Waals surface area (Å²) in [5, 5.41) is 0. The first-order chi connectivity index (χ1) is 17.1. The molecule has 0 aliphatic carbocycles. The number of rotatable bonds is 7. The average Bonchev–Trinajstić information content (AvgIpc) is 2.89. The summed E-state index contributed by atoms with van der Waals surface area (Å²) in [6.45, 7) is 2.41. The van der Waals surface area contributed by atoms with Crippen LogP contribution >= 0.6 is 0 Å². The molecular formula is C26H28N2O6S2. The Labute approximate surface area is 211 Å². The predicted molar refractivity (Wildman–Crippen MR) is 135 cm³/mol. The lowest BCUT2D eigenvalue weighted by molar-refractivity contribution is 0.0711. The second-order valence-corrected chi connectivity index (χ2v) is 12.3. The molecule has 0 radical (unpaired) electrons. The number of nitrogens with zero attached hydrogens (tertiary/aromatic N) is 1. The Balaban J connectivity index is 1.47. The standard InChI is InChI=1S/C26H28N2O6S2/c1-19-11-12-24(35(30,31)23-9-4-3-5-10-23)18-25(19)36(32,33)27-21-13-15-28(16-14-21)26(29)20-7-6-8-22(17-20)34-2/h3-12,17-18,21,27H,13-16H2,1-2H3. The van der Waals surface area contributed by atoms with Crippen molar-refractivity contribution >= 4 is 25.8 Å². The Morgan fingerprint density at radius 2 is 1.58 bits per heavy atom. The van der Waals surface area contributed by atoms with E-state index in [0.29, 0.717) is 42.8 Å². The van der Waals surface area contributed by atoms with Crippen molar-refractivity contribution < 1.29 is 26.4 Å². The van der Waals surface area contributed by atoms with E-state index in [1.54, 1.807) is 54.3 Å². The predicted octanol–water partition coefficient (Wildman–Crippen LogP) is 3.42. The zero-order valence-corrected chi connectivity index (χ0v) is 21.7. The van der Waals surface area contributed by atoms with Crippen LogP contribution in [0.15, 0.2) is 87.5 Å². The minimum atomic E-state index is -3.99. The Hall–Kier alpha value is -3.21. The largest absolute Gasteiger partial charge is 0.497 e. The highest BCUT2D eigenvalue weighted by molar-refractivity contribution is 7.91. The molecular weight excluding hydrogens is 500 g/mol. The molecule has 0 unspecified atom stereocenters. The van der Waals surface area contributed by atoms with Gasteiger partial charge in [0.2, 0.25) is 19.9 Å². The van der Waals surface area contributed by atoms with Gasteiger partial charge >= 0.3 is 0 Å². The molecule has 1 amide bonds. The molecule has 3 aromatic rings. The molecule has 1 N–H and O–H groups in total. The highest BCUT2D eigenvalue weighted by Crippen LogP contribution is 2.26. The molecule has 190 valence electrons. The number of carbonyl (C=O) groups is 1. The first-order valence-electron chi connectivity index (χ1n) is 11.5. The summed E-state index contributed by atoms with van der Waals surface area (Å²) in [6.07, 6.45) is 0.881. The second kappa shape index (κ2) is 10.4. The third-order valence-corrected chi connectivity index (χ3v) is 9.66. The number of ether oxygens (including phenoxy) is 1. The highest BCUT2D eigenvalue weighted by Gasteiger charge is 2.29. The van der Waals surface area contributed by atoms with Gasteiger partial charge in [-0.25, -0.2) is 21.6 Å². The fourth-order valence-electron chi connectivity index (χ4n) is 4.19. The Bertz CT molecular complexity index is 1460. The van der Waals surface area contributed by atoms with E-state index in [4.69, 9.17) is 4.74 Å². The number of likely N-dealkylation sites (tertiary alicyclic amines) is 1. The molecule has 0 aromatic heterocycles. The highest BCUT2D eigenvalue weighted by atomic mass is 32.2. The maximum absolute atomic E-state index is 13.2. The fraction of sp³-hybridized carbons (Fsp3) is 0.269. The van der Waals surface area contributed by atoms with Gasteiger partial charge in [0, 0.05) is 24.7 Å². The molecule has 0 spiro atoms. The van der Waals surface area contributed by atoms with Gasteiger partial charge in [-0.3, -0.25) is 4.79 Å². The van der Waals surface area contributed by atoms with Crippen molar-refractivity contribution in [3.8, 4) is 5.75 Å². The smallest absolute Gasteiger partial charge is 0.253 e. The Kier molecular flexibility index (Phi) is 7.49. The molecule has 8 nitrogen and oxygen atoms in total. The van der Waals surface area contributed by atoms with Gasteiger partial charge < -0.3 is 9.64 Å². The van der Waals surface area contributed by atoms with Crippen LogP contribution in [0.5, 0.6) is 5.75 Å². The normalized spacial score (nSPS) is 15.0. The summed E-state index contributed by atoms with van der Waals surface area (Å²) in [5.74, 6) is 0.459. The molecule has 0 atom stereocenters. The molecule has 1 heterocycles. The average molecular weight is 529 g/mol. The molecule has 0 saturated carbocycles. The van der Waals surface area contributed by atoms with E-state index in [1.807, 2.05) is 0 Å². The number of hydrogen-bond donors (Lipinski definition) is 1. The lowest BCUT2D eigenvalue weighted by Gasteiger charge is -2.32. The van der Waals surface area contributed by atoms with Gasteiger partial charge in [-0.1, -0.05) is 30.3 Å². The van der Waals surface area contributed by atoms with E-state index in [9.17, 15) is 21.6 Å². The topological polar surface area (TPSA) is 110 Å². The number of sulfonamides is 1. The number of hydrogen-bond acceptors (Lipinski definition) is 6. The zero-order chi connectivity index (χ0) is 25.9. The van der Waals surface area contributed by atoms with Crippen LogP contribution in [0.1, 0.15) is 28.8 Å². The van der Waals surface area contributed by atoms with Crippen LogP contribution in [0.4, 0.5) is 0 Å². The van der Waals surface area contributed by atoms with Crippen molar-refractivity contribution in [1.29, 1.82) is 0 Å². The van der Waals surface area contributed by atoms with Gasteiger partial charge in [0.25, 0.3) is 5.91 Å². The van der Waals surface area contributed by atoms with E-state index in [2.05, 4.69) is 4.72 Å². The van der Waals surface area contributed by atoms with E-state index < -0.39 is 19.9 Å². The van der Waals surface area contributed by atoms with Gasteiger partial charge in [0.05, 0.1) is 21.8 Å². The van der Waals surface area contributed by atoms with E-state index in [0.717, 1.165) is 0 Å². The third-order valence-electron chi connectivity index (χ3n) is 6.23. The molecule has 0 bridgehead atoms. The summed E-state index contributed by atoms with van der Waals surface area (Å²) < 4.78 is 60.4. The first kappa shape index (κ1) is 25.9. The lowest BCUT2D eigenvalue weighted by Crippen LogP contribution is -2.46. The maximum Gasteiger partial charge on any atom is 0.253 e. The van der Waals surface area contributed by atoms with E-state index in [-0.39, 0.29) is 26.6 Å².